The molecule has 2 heterocycles. The molecule has 0 saturated carbocycles. The van der Waals surface area contributed by atoms with Gasteiger partial charge >= 0.3 is 6.18 Å². The van der Waals surface area contributed by atoms with E-state index in [1.807, 2.05) is 24.3 Å². The molecule has 4 rings (SSSR count). The molecule has 3 aromatic rings. The van der Waals surface area contributed by atoms with Crippen LogP contribution >= 0.6 is 27.5 Å². The van der Waals surface area contributed by atoms with Gasteiger partial charge in [-0.3, -0.25) is 0 Å². The van der Waals surface area contributed by atoms with Gasteiger partial charge in [0.05, 0.1) is 22.0 Å². The topological polar surface area (TPSA) is 29.9 Å². The number of aromatic nitrogens is 2. The SMILES string of the molecule is FC(F)(F)c1ccc(Cl)c(-c2nn(-c3cccc(Br)c3)c3c2CCN3)c1. The zero-order chi connectivity index (χ0) is 18.5. The first-order valence-corrected chi connectivity index (χ1v) is 9.00. The Morgan fingerprint density at radius 2 is 1.96 bits per heavy atom. The van der Waals surface area contributed by atoms with Crippen LogP contribution in [0.2, 0.25) is 5.02 Å². The predicted octanol–water partition coefficient (Wildman–Crippen LogP) is 5.94. The molecular formula is C18H12BrClF3N3. The van der Waals surface area contributed by atoms with Crippen LogP contribution < -0.4 is 5.32 Å². The lowest BCUT2D eigenvalue weighted by Gasteiger charge is -2.10. The zero-order valence-corrected chi connectivity index (χ0v) is 15.6. The van der Waals surface area contributed by atoms with E-state index in [0.717, 1.165) is 33.7 Å². The number of halogens is 5. The third-order valence-corrected chi connectivity index (χ3v) is 5.08. The van der Waals surface area contributed by atoms with E-state index in [2.05, 4.69) is 26.3 Å². The minimum Gasteiger partial charge on any atom is -0.369 e. The van der Waals surface area contributed by atoms with Crippen molar-refractivity contribution in [2.45, 2.75) is 12.6 Å². The number of anilines is 1. The van der Waals surface area contributed by atoms with Crippen molar-refractivity contribution in [1.82, 2.24) is 9.78 Å². The van der Waals surface area contributed by atoms with Gasteiger partial charge in [0.2, 0.25) is 0 Å². The number of nitrogens with one attached hydrogen (secondary N) is 1. The highest BCUT2D eigenvalue weighted by Gasteiger charge is 2.32. The summed E-state index contributed by atoms with van der Waals surface area (Å²) in [4.78, 5) is 0. The first-order valence-electron chi connectivity index (χ1n) is 7.83. The Morgan fingerprint density at radius 1 is 1.15 bits per heavy atom. The van der Waals surface area contributed by atoms with Crippen molar-refractivity contribution in [2.75, 3.05) is 11.9 Å². The summed E-state index contributed by atoms with van der Waals surface area (Å²) >= 11 is 9.65. The number of fused-ring (bicyclic) bond motifs is 1. The van der Waals surface area contributed by atoms with E-state index in [4.69, 9.17) is 11.6 Å². The Hall–Kier alpha value is -1.99. The number of alkyl halides is 3. The molecule has 0 spiro atoms. The van der Waals surface area contributed by atoms with Crippen LogP contribution in [0.1, 0.15) is 11.1 Å². The fourth-order valence-corrected chi connectivity index (χ4v) is 3.66. The molecule has 0 bridgehead atoms. The first-order chi connectivity index (χ1) is 12.3. The fraction of sp³-hybridized carbons (Fsp3) is 0.167. The van der Waals surface area contributed by atoms with E-state index in [1.165, 1.54) is 6.07 Å². The molecule has 0 fully saturated rings. The number of hydrogen-bond donors (Lipinski definition) is 1. The van der Waals surface area contributed by atoms with Gasteiger partial charge in [0.25, 0.3) is 0 Å². The van der Waals surface area contributed by atoms with Gasteiger partial charge in [-0.15, -0.1) is 0 Å². The third-order valence-electron chi connectivity index (χ3n) is 4.25. The summed E-state index contributed by atoms with van der Waals surface area (Å²) in [5.74, 6) is 0.784. The second-order valence-electron chi connectivity index (χ2n) is 5.94. The minimum absolute atomic E-state index is 0.242. The summed E-state index contributed by atoms with van der Waals surface area (Å²) in [5, 5.41) is 8.08. The summed E-state index contributed by atoms with van der Waals surface area (Å²) in [7, 11) is 0. The van der Waals surface area contributed by atoms with Gasteiger partial charge < -0.3 is 5.32 Å². The molecule has 0 amide bonds. The van der Waals surface area contributed by atoms with E-state index in [-0.39, 0.29) is 10.6 Å². The maximum absolute atomic E-state index is 13.1. The molecule has 134 valence electrons. The monoisotopic (exact) mass is 441 g/mol. The molecule has 0 radical (unpaired) electrons. The van der Waals surface area contributed by atoms with E-state index >= 15 is 0 Å². The number of hydrogen-bond acceptors (Lipinski definition) is 2. The fourth-order valence-electron chi connectivity index (χ4n) is 3.07. The second kappa shape index (κ2) is 6.32. The van der Waals surface area contributed by atoms with Crippen LogP contribution in [0.3, 0.4) is 0 Å². The van der Waals surface area contributed by atoms with Crippen molar-refractivity contribution in [3.63, 3.8) is 0 Å². The molecule has 2 aromatic carbocycles. The normalized spacial score (nSPS) is 13.6. The lowest BCUT2D eigenvalue weighted by Crippen LogP contribution is -2.06. The Kier molecular flexibility index (Phi) is 4.23. The van der Waals surface area contributed by atoms with Crippen molar-refractivity contribution in [1.29, 1.82) is 0 Å². The molecule has 1 N–H and O–H groups in total. The summed E-state index contributed by atoms with van der Waals surface area (Å²) in [6.45, 7) is 0.699. The average Bonchev–Trinajstić information content (AvgIpc) is 3.16. The Balaban J connectivity index is 1.91. The van der Waals surface area contributed by atoms with Gasteiger partial charge in [0.15, 0.2) is 0 Å². The summed E-state index contributed by atoms with van der Waals surface area (Å²) < 4.78 is 41.9. The van der Waals surface area contributed by atoms with Gasteiger partial charge in [0.1, 0.15) is 5.82 Å². The molecule has 1 aromatic heterocycles. The molecular weight excluding hydrogens is 431 g/mol. The standard InChI is InChI=1S/C18H12BrClF3N3/c19-11-2-1-3-12(9-11)26-17-13(6-7-24-17)16(25-26)14-8-10(18(21,22)23)4-5-15(14)20/h1-5,8-9,24H,6-7H2. The highest BCUT2D eigenvalue weighted by Crippen LogP contribution is 2.40. The number of rotatable bonds is 2. The lowest BCUT2D eigenvalue weighted by molar-refractivity contribution is -0.137. The van der Waals surface area contributed by atoms with E-state index in [0.29, 0.717) is 18.7 Å². The minimum atomic E-state index is -4.44. The highest BCUT2D eigenvalue weighted by molar-refractivity contribution is 9.10. The van der Waals surface area contributed by atoms with Crippen LogP contribution in [0.15, 0.2) is 46.9 Å². The van der Waals surface area contributed by atoms with Gasteiger partial charge in [-0.25, -0.2) is 4.68 Å². The number of nitrogens with zero attached hydrogens (tertiary/aromatic N) is 2. The molecule has 0 unspecified atom stereocenters. The Labute approximate surface area is 160 Å². The molecule has 26 heavy (non-hydrogen) atoms. The van der Waals surface area contributed by atoms with Crippen LogP contribution in [-0.2, 0) is 12.6 Å². The molecule has 0 atom stereocenters. The molecule has 3 nitrogen and oxygen atoms in total. The number of benzene rings is 2. The summed E-state index contributed by atoms with van der Waals surface area (Å²) in [6.07, 6.45) is -3.77. The highest BCUT2D eigenvalue weighted by atomic mass is 79.9. The van der Waals surface area contributed by atoms with Crippen LogP contribution in [-0.4, -0.2) is 16.3 Å². The van der Waals surface area contributed by atoms with E-state index in [9.17, 15) is 13.2 Å². The van der Waals surface area contributed by atoms with Crippen molar-refractivity contribution >= 4 is 33.3 Å². The molecule has 0 aliphatic carbocycles. The lowest BCUT2D eigenvalue weighted by atomic mass is 10.0. The molecule has 8 heteroatoms. The van der Waals surface area contributed by atoms with E-state index in [1.54, 1.807) is 4.68 Å². The molecule has 1 aliphatic heterocycles. The van der Waals surface area contributed by atoms with Crippen LogP contribution in [0.25, 0.3) is 16.9 Å². The smallest absolute Gasteiger partial charge is 0.369 e. The van der Waals surface area contributed by atoms with E-state index < -0.39 is 11.7 Å². The van der Waals surface area contributed by atoms with Crippen molar-refractivity contribution < 1.29 is 13.2 Å². The van der Waals surface area contributed by atoms with Crippen molar-refractivity contribution in [3.8, 4) is 16.9 Å². The van der Waals surface area contributed by atoms with Gasteiger partial charge in [0, 0.05) is 22.1 Å². The quantitative estimate of drug-likeness (QED) is 0.532. The van der Waals surface area contributed by atoms with Gasteiger partial charge in [-0.05, 0) is 42.8 Å². The van der Waals surface area contributed by atoms with Crippen molar-refractivity contribution in [3.05, 3.63) is 63.1 Å². The Bertz CT molecular complexity index is 998. The average molecular weight is 443 g/mol. The maximum Gasteiger partial charge on any atom is 0.416 e. The largest absolute Gasteiger partial charge is 0.416 e. The van der Waals surface area contributed by atoms with Crippen LogP contribution in [0, 0.1) is 0 Å². The van der Waals surface area contributed by atoms with Crippen molar-refractivity contribution in [2.24, 2.45) is 0 Å². The zero-order valence-electron chi connectivity index (χ0n) is 13.2. The first kappa shape index (κ1) is 17.4. The second-order valence-corrected chi connectivity index (χ2v) is 7.26. The maximum atomic E-state index is 13.1. The van der Waals surface area contributed by atoms with Crippen LogP contribution in [0.5, 0.6) is 0 Å². The molecule has 1 aliphatic rings. The Morgan fingerprint density at radius 3 is 2.69 bits per heavy atom. The summed E-state index contributed by atoms with van der Waals surface area (Å²) in [6, 6.07) is 10.9. The predicted molar refractivity (Wildman–Crippen MR) is 98.9 cm³/mol. The van der Waals surface area contributed by atoms with Gasteiger partial charge in [-0.2, -0.15) is 18.3 Å². The van der Waals surface area contributed by atoms with Gasteiger partial charge in [-0.1, -0.05) is 33.6 Å². The summed E-state index contributed by atoms with van der Waals surface area (Å²) in [5.41, 5.74) is 1.69. The molecule has 0 saturated heterocycles. The van der Waals surface area contributed by atoms with Crippen LogP contribution in [0.4, 0.5) is 19.0 Å². The third kappa shape index (κ3) is 2.99.